The fraction of sp³-hybridized carbons (Fsp3) is 0.600. The summed E-state index contributed by atoms with van der Waals surface area (Å²) in [6.45, 7) is 2.15. The van der Waals surface area contributed by atoms with Crippen molar-refractivity contribution in [2.45, 2.75) is 18.8 Å². The number of halogens is 1. The average molecular weight is 267 g/mol. The van der Waals surface area contributed by atoms with Crippen LogP contribution in [0.15, 0.2) is 18.2 Å². The van der Waals surface area contributed by atoms with E-state index in [-0.39, 0.29) is 24.1 Å². The standard InChI is InChI=1S/C15H22FNO2/c1-17-7-5-11(6-8-17)13(10-18)12-3-4-15(19-2)14(16)9-12/h3-4,9,11,13,18H,5-8,10H2,1-2H3. The summed E-state index contributed by atoms with van der Waals surface area (Å²) < 4.78 is 18.7. The van der Waals surface area contributed by atoms with Crippen LogP contribution in [0.3, 0.4) is 0 Å². The Balaban J connectivity index is 2.15. The highest BCUT2D eigenvalue weighted by atomic mass is 19.1. The van der Waals surface area contributed by atoms with Crippen LogP contribution in [-0.2, 0) is 0 Å². The largest absolute Gasteiger partial charge is 0.494 e. The first-order valence-corrected chi connectivity index (χ1v) is 6.78. The molecule has 1 atom stereocenters. The Kier molecular flexibility index (Phi) is 4.77. The van der Waals surface area contributed by atoms with Gasteiger partial charge in [0.25, 0.3) is 0 Å². The van der Waals surface area contributed by atoms with E-state index < -0.39 is 0 Å². The van der Waals surface area contributed by atoms with Gasteiger partial charge in [-0.25, -0.2) is 4.39 Å². The Bertz CT molecular complexity index is 417. The van der Waals surface area contributed by atoms with Gasteiger partial charge < -0.3 is 14.7 Å². The molecule has 1 aromatic carbocycles. The first-order chi connectivity index (χ1) is 9.15. The van der Waals surface area contributed by atoms with Gasteiger partial charge in [-0.2, -0.15) is 0 Å². The van der Waals surface area contributed by atoms with Gasteiger partial charge in [-0.05, 0) is 56.6 Å². The van der Waals surface area contributed by atoms with Crippen LogP contribution >= 0.6 is 0 Å². The fourth-order valence-electron chi connectivity index (χ4n) is 2.87. The number of benzene rings is 1. The van der Waals surface area contributed by atoms with Crippen LogP contribution in [0.5, 0.6) is 5.75 Å². The van der Waals surface area contributed by atoms with E-state index in [1.54, 1.807) is 6.07 Å². The maximum absolute atomic E-state index is 13.8. The summed E-state index contributed by atoms with van der Waals surface area (Å²) in [7, 11) is 3.57. The highest BCUT2D eigenvalue weighted by molar-refractivity contribution is 5.31. The lowest BCUT2D eigenvalue weighted by Gasteiger charge is -2.33. The number of aliphatic hydroxyl groups is 1. The van der Waals surface area contributed by atoms with E-state index in [1.165, 1.54) is 13.2 Å². The topological polar surface area (TPSA) is 32.7 Å². The zero-order valence-electron chi connectivity index (χ0n) is 11.6. The SMILES string of the molecule is COc1ccc(C(CO)C2CCN(C)CC2)cc1F. The minimum atomic E-state index is -0.355. The monoisotopic (exact) mass is 267 g/mol. The third kappa shape index (κ3) is 3.25. The van der Waals surface area contributed by atoms with E-state index in [1.807, 2.05) is 6.07 Å². The molecule has 0 spiro atoms. The molecule has 2 rings (SSSR count). The van der Waals surface area contributed by atoms with Crippen molar-refractivity contribution in [2.75, 3.05) is 33.9 Å². The van der Waals surface area contributed by atoms with Gasteiger partial charge in [0.15, 0.2) is 11.6 Å². The second-order valence-electron chi connectivity index (χ2n) is 5.32. The summed E-state index contributed by atoms with van der Waals surface area (Å²) in [6.07, 6.45) is 2.10. The molecule has 19 heavy (non-hydrogen) atoms. The molecule has 0 saturated carbocycles. The molecule has 0 amide bonds. The molecule has 1 aliphatic rings. The van der Waals surface area contributed by atoms with Crippen LogP contribution in [-0.4, -0.2) is 43.9 Å². The number of nitrogens with zero attached hydrogens (tertiary/aromatic N) is 1. The molecule has 1 heterocycles. The number of ether oxygens (including phenoxy) is 1. The normalized spacial score (nSPS) is 19.4. The fourth-order valence-corrected chi connectivity index (χ4v) is 2.87. The summed E-state index contributed by atoms with van der Waals surface area (Å²) in [4.78, 5) is 2.29. The van der Waals surface area contributed by atoms with E-state index in [9.17, 15) is 9.50 Å². The number of hydrogen-bond acceptors (Lipinski definition) is 3. The Labute approximate surface area is 114 Å². The summed E-state index contributed by atoms with van der Waals surface area (Å²) in [6, 6.07) is 5.00. The third-order valence-corrected chi connectivity index (χ3v) is 4.13. The molecule has 106 valence electrons. The quantitative estimate of drug-likeness (QED) is 0.908. The Hall–Kier alpha value is -1.13. The molecule has 4 heteroatoms. The van der Waals surface area contributed by atoms with Crippen LogP contribution in [0, 0.1) is 11.7 Å². The van der Waals surface area contributed by atoms with Crippen molar-refractivity contribution in [1.82, 2.24) is 4.90 Å². The average Bonchev–Trinajstić information content (AvgIpc) is 2.42. The highest BCUT2D eigenvalue weighted by Gasteiger charge is 2.26. The van der Waals surface area contributed by atoms with Gasteiger partial charge in [0, 0.05) is 5.92 Å². The van der Waals surface area contributed by atoms with Gasteiger partial charge in [-0.3, -0.25) is 0 Å². The second kappa shape index (κ2) is 6.35. The molecule has 3 nitrogen and oxygen atoms in total. The predicted molar refractivity (Wildman–Crippen MR) is 73.0 cm³/mol. The van der Waals surface area contributed by atoms with Gasteiger partial charge in [0.1, 0.15) is 0 Å². The molecule has 1 saturated heterocycles. The molecule has 1 aliphatic heterocycles. The van der Waals surface area contributed by atoms with E-state index in [2.05, 4.69) is 11.9 Å². The number of methoxy groups -OCH3 is 1. The van der Waals surface area contributed by atoms with E-state index in [0.717, 1.165) is 31.5 Å². The maximum atomic E-state index is 13.8. The molecule has 1 unspecified atom stereocenters. The van der Waals surface area contributed by atoms with E-state index in [0.29, 0.717) is 5.92 Å². The molecule has 0 aliphatic carbocycles. The first-order valence-electron chi connectivity index (χ1n) is 6.78. The van der Waals surface area contributed by atoms with Crippen LogP contribution < -0.4 is 4.74 Å². The van der Waals surface area contributed by atoms with Crippen LogP contribution in [0.2, 0.25) is 0 Å². The van der Waals surface area contributed by atoms with Crippen molar-refractivity contribution in [3.8, 4) is 5.75 Å². The van der Waals surface area contributed by atoms with Gasteiger partial charge in [0.2, 0.25) is 0 Å². The van der Waals surface area contributed by atoms with Gasteiger partial charge in [0.05, 0.1) is 13.7 Å². The minimum absolute atomic E-state index is 0.0223. The molecule has 0 bridgehead atoms. The lowest BCUT2D eigenvalue weighted by molar-refractivity contribution is 0.156. The number of hydrogen-bond donors (Lipinski definition) is 1. The number of rotatable bonds is 4. The molecular formula is C15H22FNO2. The molecule has 0 radical (unpaired) electrons. The molecule has 0 aromatic heterocycles. The third-order valence-electron chi connectivity index (χ3n) is 4.13. The lowest BCUT2D eigenvalue weighted by atomic mass is 9.80. The van der Waals surface area contributed by atoms with Crippen molar-refractivity contribution in [1.29, 1.82) is 0 Å². The van der Waals surface area contributed by atoms with Crippen molar-refractivity contribution in [3.63, 3.8) is 0 Å². The molecule has 1 N–H and O–H groups in total. The van der Waals surface area contributed by atoms with E-state index >= 15 is 0 Å². The van der Waals surface area contributed by atoms with E-state index in [4.69, 9.17) is 4.74 Å². The zero-order valence-corrected chi connectivity index (χ0v) is 11.6. The van der Waals surface area contributed by atoms with Crippen molar-refractivity contribution in [3.05, 3.63) is 29.6 Å². The summed E-state index contributed by atoms with van der Waals surface area (Å²) in [5.74, 6) is 0.346. The van der Waals surface area contributed by atoms with Crippen molar-refractivity contribution < 1.29 is 14.2 Å². The highest BCUT2D eigenvalue weighted by Crippen LogP contribution is 2.33. The van der Waals surface area contributed by atoms with Crippen LogP contribution in [0.1, 0.15) is 24.3 Å². The molecule has 1 aromatic rings. The molecular weight excluding hydrogens is 245 g/mol. The van der Waals surface area contributed by atoms with Gasteiger partial charge >= 0.3 is 0 Å². The lowest BCUT2D eigenvalue weighted by Crippen LogP contribution is -2.33. The van der Waals surface area contributed by atoms with Gasteiger partial charge in [-0.1, -0.05) is 6.07 Å². The summed E-state index contributed by atoms with van der Waals surface area (Å²) in [5, 5.41) is 9.65. The minimum Gasteiger partial charge on any atom is -0.494 e. The Morgan fingerprint density at radius 3 is 2.63 bits per heavy atom. The summed E-state index contributed by atoms with van der Waals surface area (Å²) >= 11 is 0. The van der Waals surface area contributed by atoms with Crippen molar-refractivity contribution >= 4 is 0 Å². The second-order valence-corrected chi connectivity index (χ2v) is 5.32. The van der Waals surface area contributed by atoms with Gasteiger partial charge in [-0.15, -0.1) is 0 Å². The number of piperidine rings is 1. The Morgan fingerprint density at radius 2 is 2.11 bits per heavy atom. The van der Waals surface area contributed by atoms with Crippen LogP contribution in [0.4, 0.5) is 4.39 Å². The van der Waals surface area contributed by atoms with Crippen LogP contribution in [0.25, 0.3) is 0 Å². The number of likely N-dealkylation sites (tertiary alicyclic amines) is 1. The maximum Gasteiger partial charge on any atom is 0.165 e. The predicted octanol–water partition coefficient (Wildman–Crippen LogP) is 2.25. The smallest absolute Gasteiger partial charge is 0.165 e. The Morgan fingerprint density at radius 1 is 1.42 bits per heavy atom. The first kappa shape index (κ1) is 14.3. The molecule has 1 fully saturated rings. The van der Waals surface area contributed by atoms with Crippen molar-refractivity contribution in [2.24, 2.45) is 5.92 Å². The zero-order chi connectivity index (χ0) is 13.8. The summed E-state index contributed by atoms with van der Waals surface area (Å²) in [5.41, 5.74) is 0.871. The number of aliphatic hydroxyl groups excluding tert-OH is 1.